The van der Waals surface area contributed by atoms with Crippen molar-refractivity contribution < 1.29 is 4.79 Å². The average Bonchev–Trinajstić information content (AvgIpc) is 2.05. The molecule has 0 aliphatic carbocycles. The van der Waals surface area contributed by atoms with Crippen LogP contribution < -0.4 is 0 Å². The first-order valence-corrected chi connectivity index (χ1v) is 4.36. The molecule has 64 valence electrons. The van der Waals surface area contributed by atoms with Crippen molar-refractivity contribution in [2.24, 2.45) is 0 Å². The van der Waals surface area contributed by atoms with Crippen LogP contribution >= 0.6 is 23.2 Å². The number of nitrogens with zero attached hydrogens (tertiary/aromatic N) is 1. The smallest absolute Gasteiger partial charge is 0.164 e. The van der Waals surface area contributed by atoms with Crippen LogP contribution in [0.4, 0.5) is 0 Å². The van der Waals surface area contributed by atoms with Crippen molar-refractivity contribution in [1.82, 2.24) is 4.98 Å². The first-order chi connectivity index (χ1) is 5.74. The Bertz CT molecular complexity index is 288. The SMILES string of the molecule is O=C(CCCl)c1ccnc(Cl)c1. The van der Waals surface area contributed by atoms with E-state index in [-0.39, 0.29) is 5.78 Å². The van der Waals surface area contributed by atoms with Crippen LogP contribution in [0.3, 0.4) is 0 Å². The molecule has 2 nitrogen and oxygen atoms in total. The number of carbonyl (C=O) groups is 1. The van der Waals surface area contributed by atoms with Crippen LogP contribution in [0.1, 0.15) is 16.8 Å². The molecular weight excluding hydrogens is 197 g/mol. The largest absolute Gasteiger partial charge is 0.294 e. The number of alkyl halides is 1. The normalized spacial score (nSPS) is 9.83. The predicted octanol–water partition coefficient (Wildman–Crippen LogP) is 2.55. The van der Waals surface area contributed by atoms with Gasteiger partial charge in [0.15, 0.2) is 5.78 Å². The Labute approximate surface area is 80.5 Å². The highest BCUT2D eigenvalue weighted by atomic mass is 35.5. The second-order valence-electron chi connectivity index (χ2n) is 2.23. The summed E-state index contributed by atoms with van der Waals surface area (Å²) in [5, 5.41) is 0.329. The molecule has 1 heterocycles. The van der Waals surface area contributed by atoms with E-state index in [1.165, 1.54) is 12.3 Å². The molecule has 0 spiro atoms. The minimum atomic E-state index is -0.00528. The molecule has 0 saturated carbocycles. The van der Waals surface area contributed by atoms with Crippen molar-refractivity contribution in [3.8, 4) is 0 Å². The van der Waals surface area contributed by atoms with E-state index in [0.29, 0.717) is 23.0 Å². The maximum absolute atomic E-state index is 11.2. The van der Waals surface area contributed by atoms with Crippen LogP contribution in [-0.4, -0.2) is 16.6 Å². The quantitative estimate of drug-likeness (QED) is 0.430. The topological polar surface area (TPSA) is 30.0 Å². The van der Waals surface area contributed by atoms with Crippen molar-refractivity contribution in [1.29, 1.82) is 0 Å². The summed E-state index contributed by atoms with van der Waals surface area (Å²) < 4.78 is 0. The minimum absolute atomic E-state index is 0.00528. The summed E-state index contributed by atoms with van der Waals surface area (Å²) >= 11 is 11.0. The first-order valence-electron chi connectivity index (χ1n) is 3.45. The lowest BCUT2D eigenvalue weighted by Gasteiger charge is -1.97. The molecule has 0 amide bonds. The zero-order valence-corrected chi connectivity index (χ0v) is 7.77. The fourth-order valence-corrected chi connectivity index (χ4v) is 1.15. The molecule has 0 aliphatic rings. The highest BCUT2D eigenvalue weighted by Gasteiger charge is 2.04. The van der Waals surface area contributed by atoms with Gasteiger partial charge in [0.1, 0.15) is 5.15 Å². The van der Waals surface area contributed by atoms with Crippen LogP contribution in [0.15, 0.2) is 18.3 Å². The predicted molar refractivity (Wildman–Crippen MR) is 48.9 cm³/mol. The van der Waals surface area contributed by atoms with Crippen molar-refractivity contribution in [2.75, 3.05) is 5.88 Å². The molecule has 0 N–H and O–H groups in total. The van der Waals surface area contributed by atoms with Gasteiger partial charge in [-0.25, -0.2) is 4.98 Å². The number of rotatable bonds is 3. The number of hydrogen-bond donors (Lipinski definition) is 0. The Balaban J connectivity index is 2.81. The van der Waals surface area contributed by atoms with E-state index in [2.05, 4.69) is 4.98 Å². The monoisotopic (exact) mass is 203 g/mol. The molecule has 0 saturated heterocycles. The van der Waals surface area contributed by atoms with Crippen LogP contribution in [0.2, 0.25) is 5.15 Å². The van der Waals surface area contributed by atoms with E-state index in [9.17, 15) is 4.79 Å². The summed E-state index contributed by atoms with van der Waals surface area (Å²) in [5.41, 5.74) is 0.565. The van der Waals surface area contributed by atoms with E-state index >= 15 is 0 Å². The summed E-state index contributed by atoms with van der Waals surface area (Å²) in [7, 11) is 0. The highest BCUT2D eigenvalue weighted by Crippen LogP contribution is 2.09. The molecule has 4 heteroatoms. The molecule has 0 atom stereocenters. The van der Waals surface area contributed by atoms with Crippen molar-refractivity contribution >= 4 is 29.0 Å². The van der Waals surface area contributed by atoms with Gasteiger partial charge in [-0.2, -0.15) is 0 Å². The van der Waals surface area contributed by atoms with Gasteiger partial charge < -0.3 is 0 Å². The van der Waals surface area contributed by atoms with Gasteiger partial charge in [0.05, 0.1) is 0 Å². The number of hydrogen-bond acceptors (Lipinski definition) is 2. The van der Waals surface area contributed by atoms with E-state index in [1.54, 1.807) is 6.07 Å². The molecule has 0 unspecified atom stereocenters. The molecule has 0 aromatic carbocycles. The summed E-state index contributed by atoms with van der Waals surface area (Å²) in [6, 6.07) is 3.16. The van der Waals surface area contributed by atoms with Gasteiger partial charge in [0.2, 0.25) is 0 Å². The van der Waals surface area contributed by atoms with Gasteiger partial charge >= 0.3 is 0 Å². The number of halogens is 2. The summed E-state index contributed by atoms with van der Waals surface area (Å²) in [6.07, 6.45) is 1.84. The highest BCUT2D eigenvalue weighted by molar-refractivity contribution is 6.29. The third-order valence-corrected chi connectivity index (χ3v) is 1.77. The maximum Gasteiger partial charge on any atom is 0.164 e. The Morgan fingerprint density at radius 1 is 1.58 bits per heavy atom. The Kier molecular flexibility index (Phi) is 3.50. The molecule has 1 rings (SSSR count). The van der Waals surface area contributed by atoms with Gasteiger partial charge in [-0.1, -0.05) is 11.6 Å². The number of aromatic nitrogens is 1. The average molecular weight is 204 g/mol. The molecule has 0 aliphatic heterocycles. The Morgan fingerprint density at radius 3 is 2.92 bits per heavy atom. The number of Topliss-reactive ketones (excluding diaryl/α,β-unsaturated/α-hetero) is 1. The second kappa shape index (κ2) is 4.43. The van der Waals surface area contributed by atoms with Crippen molar-refractivity contribution in [2.45, 2.75) is 6.42 Å². The zero-order chi connectivity index (χ0) is 8.97. The molecule has 0 radical (unpaired) electrons. The molecule has 1 aromatic heterocycles. The Hall–Kier alpha value is -0.600. The van der Waals surface area contributed by atoms with Crippen molar-refractivity contribution in [3.05, 3.63) is 29.0 Å². The van der Waals surface area contributed by atoms with Crippen LogP contribution in [0.5, 0.6) is 0 Å². The lowest BCUT2D eigenvalue weighted by molar-refractivity contribution is 0.0989. The fraction of sp³-hybridized carbons (Fsp3) is 0.250. The number of pyridine rings is 1. The standard InChI is InChI=1S/C8H7Cl2NO/c9-3-1-7(12)6-2-4-11-8(10)5-6/h2,4-5H,1,3H2. The van der Waals surface area contributed by atoms with Crippen molar-refractivity contribution in [3.63, 3.8) is 0 Å². The van der Waals surface area contributed by atoms with E-state index in [4.69, 9.17) is 23.2 Å². The minimum Gasteiger partial charge on any atom is -0.294 e. The van der Waals surface area contributed by atoms with Crippen LogP contribution in [-0.2, 0) is 0 Å². The molecule has 0 fully saturated rings. The van der Waals surface area contributed by atoms with Gasteiger partial charge in [-0.05, 0) is 12.1 Å². The lowest BCUT2D eigenvalue weighted by Crippen LogP contribution is -1.99. The molecule has 12 heavy (non-hydrogen) atoms. The molecule has 1 aromatic rings. The second-order valence-corrected chi connectivity index (χ2v) is 2.99. The van der Waals surface area contributed by atoms with E-state index in [1.807, 2.05) is 0 Å². The summed E-state index contributed by atoms with van der Waals surface area (Å²) in [5.74, 6) is 0.327. The van der Waals surface area contributed by atoms with E-state index < -0.39 is 0 Å². The first kappa shape index (κ1) is 9.49. The summed E-state index contributed by atoms with van der Waals surface area (Å²) in [4.78, 5) is 15.0. The van der Waals surface area contributed by atoms with Gasteiger partial charge in [0, 0.05) is 24.1 Å². The lowest BCUT2D eigenvalue weighted by atomic mass is 10.1. The van der Waals surface area contributed by atoms with Gasteiger partial charge in [0.25, 0.3) is 0 Å². The molecule has 0 bridgehead atoms. The zero-order valence-electron chi connectivity index (χ0n) is 6.26. The third kappa shape index (κ3) is 2.47. The van der Waals surface area contributed by atoms with Crippen LogP contribution in [0.25, 0.3) is 0 Å². The number of ketones is 1. The van der Waals surface area contributed by atoms with E-state index in [0.717, 1.165) is 0 Å². The number of carbonyl (C=O) groups excluding carboxylic acids is 1. The third-order valence-electron chi connectivity index (χ3n) is 1.37. The molecular formula is C8H7Cl2NO. The fourth-order valence-electron chi connectivity index (χ4n) is 0.806. The van der Waals surface area contributed by atoms with Gasteiger partial charge in [-0.15, -0.1) is 11.6 Å². The van der Waals surface area contributed by atoms with Gasteiger partial charge in [-0.3, -0.25) is 4.79 Å². The maximum atomic E-state index is 11.2. The van der Waals surface area contributed by atoms with Crippen LogP contribution in [0, 0.1) is 0 Å². The Morgan fingerprint density at radius 2 is 2.33 bits per heavy atom. The summed E-state index contributed by atoms with van der Waals surface area (Å²) in [6.45, 7) is 0.